The molecule has 1 aromatic rings. The molecule has 1 aliphatic rings. The van der Waals surface area contributed by atoms with Crippen molar-refractivity contribution < 1.29 is 4.74 Å². The number of rotatable bonds is 2. The van der Waals surface area contributed by atoms with E-state index in [1.165, 1.54) is 29.5 Å². The highest BCUT2D eigenvalue weighted by atomic mass is 79.9. The zero-order valence-electron chi connectivity index (χ0n) is 10.2. The molecule has 16 heavy (non-hydrogen) atoms. The summed E-state index contributed by atoms with van der Waals surface area (Å²) in [6.07, 6.45) is 2.47. The van der Waals surface area contributed by atoms with Crippen LogP contribution in [0, 0.1) is 6.92 Å². The van der Waals surface area contributed by atoms with E-state index in [1.807, 2.05) is 6.92 Å². The van der Waals surface area contributed by atoms with Crippen LogP contribution in [0.2, 0.25) is 0 Å². The minimum absolute atomic E-state index is 0.499. The fourth-order valence-electron chi connectivity index (χ4n) is 2.62. The highest BCUT2D eigenvalue weighted by Crippen LogP contribution is 2.47. The van der Waals surface area contributed by atoms with E-state index in [2.05, 4.69) is 41.9 Å². The Morgan fingerprint density at radius 2 is 2.06 bits per heavy atom. The zero-order valence-corrected chi connectivity index (χ0v) is 11.8. The normalized spacial score (nSPS) is 24.0. The van der Waals surface area contributed by atoms with Crippen LogP contribution in [0.4, 0.5) is 0 Å². The first-order chi connectivity index (χ1) is 7.65. The minimum atomic E-state index is 0.499. The predicted octanol–water partition coefficient (Wildman–Crippen LogP) is 4.73. The van der Waals surface area contributed by atoms with Crippen molar-refractivity contribution in [1.29, 1.82) is 0 Å². The molecule has 0 fully saturated rings. The van der Waals surface area contributed by atoms with Gasteiger partial charge in [-0.1, -0.05) is 28.9 Å². The lowest BCUT2D eigenvalue weighted by molar-refractivity contribution is 0.331. The third-order valence-corrected chi connectivity index (χ3v) is 4.34. The molecule has 0 saturated heterocycles. The average Bonchev–Trinajstić information content (AvgIpc) is 2.26. The maximum Gasteiger partial charge on any atom is 0.123 e. The van der Waals surface area contributed by atoms with Crippen molar-refractivity contribution in [2.24, 2.45) is 0 Å². The summed E-state index contributed by atoms with van der Waals surface area (Å²) in [6, 6.07) is 4.30. The molecule has 0 aliphatic heterocycles. The molecule has 0 bridgehead atoms. The van der Waals surface area contributed by atoms with E-state index < -0.39 is 0 Å². The number of halogens is 1. The van der Waals surface area contributed by atoms with Crippen LogP contribution < -0.4 is 4.74 Å². The lowest BCUT2D eigenvalue weighted by Gasteiger charge is -2.30. The number of benzene rings is 1. The second kappa shape index (κ2) is 4.79. The van der Waals surface area contributed by atoms with Crippen molar-refractivity contribution >= 4 is 15.9 Å². The molecule has 0 amide bonds. The molecule has 2 atom stereocenters. The Hall–Kier alpha value is -0.500. The molecule has 0 aromatic heterocycles. The Kier molecular flexibility index (Phi) is 3.58. The van der Waals surface area contributed by atoms with Gasteiger partial charge in [-0.05, 0) is 49.8 Å². The Balaban J connectivity index is 2.55. The summed E-state index contributed by atoms with van der Waals surface area (Å²) in [5, 5.41) is 0. The molecular formula is C14H19BrO. The summed E-state index contributed by atoms with van der Waals surface area (Å²) in [5.41, 5.74) is 4.27. The lowest BCUT2D eigenvalue weighted by atomic mass is 9.81. The molecule has 88 valence electrons. The first kappa shape index (κ1) is 12.0. The van der Waals surface area contributed by atoms with E-state index in [4.69, 9.17) is 4.74 Å². The van der Waals surface area contributed by atoms with Crippen LogP contribution in [0.15, 0.2) is 12.1 Å². The van der Waals surface area contributed by atoms with Gasteiger partial charge in [-0.2, -0.15) is 0 Å². The monoisotopic (exact) mass is 282 g/mol. The van der Waals surface area contributed by atoms with Gasteiger partial charge in [0.05, 0.1) is 6.61 Å². The molecule has 0 saturated carbocycles. The summed E-state index contributed by atoms with van der Waals surface area (Å²) >= 11 is 3.80. The Bertz CT molecular complexity index is 387. The second-order valence-electron chi connectivity index (χ2n) is 4.59. The molecule has 1 nitrogen and oxygen atoms in total. The van der Waals surface area contributed by atoms with Crippen LogP contribution in [0.3, 0.4) is 0 Å². The van der Waals surface area contributed by atoms with E-state index in [0.717, 1.165) is 12.4 Å². The molecule has 2 rings (SSSR count). The predicted molar refractivity (Wildman–Crippen MR) is 71.7 cm³/mol. The second-order valence-corrected chi connectivity index (χ2v) is 5.69. The van der Waals surface area contributed by atoms with Crippen molar-refractivity contribution in [3.63, 3.8) is 0 Å². The smallest absolute Gasteiger partial charge is 0.123 e. The van der Waals surface area contributed by atoms with Crippen LogP contribution in [0.25, 0.3) is 0 Å². The van der Waals surface area contributed by atoms with E-state index in [0.29, 0.717) is 10.7 Å². The molecule has 1 aliphatic carbocycles. The fraction of sp³-hybridized carbons (Fsp3) is 0.571. The number of hydrogen-bond acceptors (Lipinski definition) is 1. The topological polar surface area (TPSA) is 9.23 Å². The van der Waals surface area contributed by atoms with Crippen LogP contribution in [0.5, 0.6) is 5.75 Å². The Morgan fingerprint density at radius 3 is 2.75 bits per heavy atom. The van der Waals surface area contributed by atoms with Gasteiger partial charge in [0.15, 0.2) is 0 Å². The number of aryl methyl sites for hydroxylation is 1. The maximum absolute atomic E-state index is 5.76. The SMILES string of the molecule is CCOc1ccc(C)c2c1C(C)CCC2Br. The number of alkyl halides is 1. The van der Waals surface area contributed by atoms with Gasteiger partial charge in [-0.25, -0.2) is 0 Å². The van der Waals surface area contributed by atoms with Crippen molar-refractivity contribution in [2.75, 3.05) is 6.61 Å². The van der Waals surface area contributed by atoms with Gasteiger partial charge in [0.1, 0.15) is 5.75 Å². The van der Waals surface area contributed by atoms with E-state index in [9.17, 15) is 0 Å². The summed E-state index contributed by atoms with van der Waals surface area (Å²) in [7, 11) is 0. The fourth-order valence-corrected chi connectivity index (χ4v) is 3.49. The van der Waals surface area contributed by atoms with Crippen molar-refractivity contribution in [1.82, 2.24) is 0 Å². The van der Waals surface area contributed by atoms with Gasteiger partial charge in [0.2, 0.25) is 0 Å². The van der Waals surface area contributed by atoms with Crippen LogP contribution in [0.1, 0.15) is 54.1 Å². The van der Waals surface area contributed by atoms with Gasteiger partial charge >= 0.3 is 0 Å². The van der Waals surface area contributed by atoms with E-state index in [1.54, 1.807) is 0 Å². The molecule has 0 radical (unpaired) electrons. The third kappa shape index (κ3) is 2.00. The Morgan fingerprint density at radius 1 is 1.31 bits per heavy atom. The Labute approximate surface area is 106 Å². The first-order valence-corrected chi connectivity index (χ1v) is 6.97. The van der Waals surface area contributed by atoms with Crippen molar-refractivity contribution in [2.45, 2.75) is 44.4 Å². The van der Waals surface area contributed by atoms with Gasteiger partial charge in [0, 0.05) is 10.4 Å². The largest absolute Gasteiger partial charge is 0.494 e. The maximum atomic E-state index is 5.76. The number of hydrogen-bond donors (Lipinski definition) is 0. The summed E-state index contributed by atoms with van der Waals surface area (Å²) in [6.45, 7) is 7.29. The summed E-state index contributed by atoms with van der Waals surface area (Å²) in [5.74, 6) is 1.70. The first-order valence-electron chi connectivity index (χ1n) is 6.05. The lowest BCUT2D eigenvalue weighted by Crippen LogP contribution is -2.13. The van der Waals surface area contributed by atoms with Crippen molar-refractivity contribution in [3.05, 3.63) is 28.8 Å². The highest BCUT2D eigenvalue weighted by Gasteiger charge is 2.27. The zero-order chi connectivity index (χ0) is 11.7. The van der Waals surface area contributed by atoms with Gasteiger partial charge in [0.25, 0.3) is 0 Å². The standard InChI is InChI=1S/C14H19BrO/c1-4-16-12-8-6-9(2)13-11(15)7-5-10(3)14(12)13/h6,8,10-11H,4-5,7H2,1-3H3. The molecular weight excluding hydrogens is 264 g/mol. The van der Waals surface area contributed by atoms with Crippen molar-refractivity contribution in [3.8, 4) is 5.75 Å². The molecule has 0 spiro atoms. The molecule has 2 unspecified atom stereocenters. The molecule has 0 heterocycles. The third-order valence-electron chi connectivity index (χ3n) is 3.42. The molecule has 0 N–H and O–H groups in total. The van der Waals surface area contributed by atoms with E-state index in [-0.39, 0.29) is 0 Å². The van der Waals surface area contributed by atoms with Crippen LogP contribution in [-0.2, 0) is 0 Å². The summed E-state index contributed by atoms with van der Waals surface area (Å²) in [4.78, 5) is 0.499. The molecule has 2 heteroatoms. The van der Waals surface area contributed by atoms with Gasteiger partial charge in [-0.3, -0.25) is 0 Å². The molecule has 1 aromatic carbocycles. The number of ether oxygens (including phenoxy) is 1. The minimum Gasteiger partial charge on any atom is -0.494 e. The van der Waals surface area contributed by atoms with Gasteiger partial charge in [-0.15, -0.1) is 0 Å². The average molecular weight is 283 g/mol. The highest BCUT2D eigenvalue weighted by molar-refractivity contribution is 9.09. The number of fused-ring (bicyclic) bond motifs is 1. The van der Waals surface area contributed by atoms with Crippen LogP contribution >= 0.6 is 15.9 Å². The van der Waals surface area contributed by atoms with Gasteiger partial charge < -0.3 is 4.74 Å². The quantitative estimate of drug-likeness (QED) is 0.713. The van der Waals surface area contributed by atoms with Crippen LogP contribution in [-0.4, -0.2) is 6.61 Å². The van der Waals surface area contributed by atoms with E-state index >= 15 is 0 Å². The summed E-state index contributed by atoms with van der Waals surface area (Å²) < 4.78 is 5.76.